The largest absolute Gasteiger partial charge is 0.368 e. The lowest BCUT2D eigenvalue weighted by molar-refractivity contribution is -0.119. The molecule has 1 fully saturated rings. The summed E-state index contributed by atoms with van der Waals surface area (Å²) in [5.41, 5.74) is 5.78. The third-order valence-electron chi connectivity index (χ3n) is 3.54. The first-order chi connectivity index (χ1) is 9.49. The van der Waals surface area contributed by atoms with Gasteiger partial charge in [-0.2, -0.15) is 0 Å². The molecule has 20 heavy (non-hydrogen) atoms. The fraction of sp³-hybridized carbons (Fsp3) is 0.429. The molecule has 0 aliphatic heterocycles. The van der Waals surface area contributed by atoms with Gasteiger partial charge in [-0.05, 0) is 31.0 Å². The van der Waals surface area contributed by atoms with Crippen LogP contribution in [0.25, 0.3) is 0 Å². The van der Waals surface area contributed by atoms with E-state index in [0.29, 0.717) is 10.5 Å². The van der Waals surface area contributed by atoms with Crippen molar-refractivity contribution in [3.05, 3.63) is 28.2 Å². The number of amides is 2. The summed E-state index contributed by atoms with van der Waals surface area (Å²) in [6.07, 6.45) is 4.03. The van der Waals surface area contributed by atoms with Crippen LogP contribution in [0, 0.1) is 0 Å². The van der Waals surface area contributed by atoms with E-state index in [9.17, 15) is 9.59 Å². The van der Waals surface area contributed by atoms with Gasteiger partial charge < -0.3 is 10.6 Å². The Balaban J connectivity index is 2.27. The minimum atomic E-state index is -0.483. The number of hydrogen-bond donors (Lipinski definition) is 2. The molecule has 1 saturated carbocycles. The number of nitrogens with zero attached hydrogens (tertiary/aromatic N) is 1. The van der Waals surface area contributed by atoms with Crippen LogP contribution in [0.2, 0.25) is 0 Å². The van der Waals surface area contributed by atoms with Crippen LogP contribution in [0.5, 0.6) is 0 Å². The maximum Gasteiger partial charge on any atom is 0.255 e. The molecule has 2 amide bonds. The Morgan fingerprint density at radius 3 is 2.55 bits per heavy atom. The fourth-order valence-corrected chi connectivity index (χ4v) is 3.44. The second-order valence-electron chi connectivity index (χ2n) is 5.00. The molecule has 1 aromatic carbocycles. The SMILES string of the molecule is NC(=O)CN(C(=O)c1ccc(Br)cc1S)C1CCCC1. The molecule has 1 aliphatic rings. The maximum atomic E-state index is 12.7. The Morgan fingerprint density at radius 1 is 1.35 bits per heavy atom. The zero-order chi connectivity index (χ0) is 14.7. The smallest absolute Gasteiger partial charge is 0.255 e. The molecule has 0 bridgehead atoms. The Labute approximate surface area is 132 Å². The number of primary amides is 1. The van der Waals surface area contributed by atoms with Crippen LogP contribution in [0.15, 0.2) is 27.6 Å². The topological polar surface area (TPSA) is 63.4 Å². The van der Waals surface area contributed by atoms with Gasteiger partial charge in [0.1, 0.15) is 0 Å². The molecular weight excluding hydrogens is 340 g/mol. The van der Waals surface area contributed by atoms with Crippen molar-refractivity contribution in [1.82, 2.24) is 4.90 Å². The number of halogens is 1. The Hall–Kier alpha value is -1.01. The molecule has 0 spiro atoms. The predicted molar refractivity (Wildman–Crippen MR) is 83.9 cm³/mol. The predicted octanol–water partition coefficient (Wildman–Crippen LogP) is 2.61. The van der Waals surface area contributed by atoms with Gasteiger partial charge in [0.15, 0.2) is 0 Å². The minimum Gasteiger partial charge on any atom is -0.368 e. The van der Waals surface area contributed by atoms with E-state index in [2.05, 4.69) is 28.6 Å². The summed E-state index contributed by atoms with van der Waals surface area (Å²) in [7, 11) is 0. The lowest BCUT2D eigenvalue weighted by atomic mass is 10.1. The van der Waals surface area contributed by atoms with Crippen LogP contribution >= 0.6 is 28.6 Å². The average Bonchev–Trinajstić information content (AvgIpc) is 2.88. The van der Waals surface area contributed by atoms with Gasteiger partial charge in [-0.15, -0.1) is 12.6 Å². The van der Waals surface area contributed by atoms with E-state index in [0.717, 1.165) is 30.2 Å². The van der Waals surface area contributed by atoms with Crippen LogP contribution in [0.3, 0.4) is 0 Å². The molecule has 6 heteroatoms. The lowest BCUT2D eigenvalue weighted by Gasteiger charge is -2.28. The highest BCUT2D eigenvalue weighted by atomic mass is 79.9. The van der Waals surface area contributed by atoms with Crippen molar-refractivity contribution in [2.75, 3.05) is 6.54 Å². The first-order valence-corrected chi connectivity index (χ1v) is 7.81. The third kappa shape index (κ3) is 3.55. The fourth-order valence-electron chi connectivity index (χ4n) is 2.59. The zero-order valence-electron chi connectivity index (χ0n) is 11.0. The van der Waals surface area contributed by atoms with E-state index in [1.165, 1.54) is 0 Å². The number of carbonyl (C=O) groups excluding carboxylic acids is 2. The van der Waals surface area contributed by atoms with Gasteiger partial charge in [0.2, 0.25) is 5.91 Å². The van der Waals surface area contributed by atoms with Gasteiger partial charge in [-0.3, -0.25) is 9.59 Å². The van der Waals surface area contributed by atoms with Crippen molar-refractivity contribution in [3.63, 3.8) is 0 Å². The third-order valence-corrected chi connectivity index (χ3v) is 4.41. The maximum absolute atomic E-state index is 12.7. The molecule has 2 N–H and O–H groups in total. The van der Waals surface area contributed by atoms with Crippen molar-refractivity contribution in [2.24, 2.45) is 5.73 Å². The van der Waals surface area contributed by atoms with Gasteiger partial charge >= 0.3 is 0 Å². The standard InChI is InChI=1S/C14H17BrN2O2S/c15-9-5-6-11(12(20)7-9)14(19)17(8-13(16)18)10-3-1-2-4-10/h5-7,10,20H,1-4,8H2,(H2,16,18). The van der Waals surface area contributed by atoms with Crippen molar-refractivity contribution >= 4 is 40.4 Å². The molecule has 0 atom stereocenters. The highest BCUT2D eigenvalue weighted by Gasteiger charge is 2.29. The Morgan fingerprint density at radius 2 is 2.00 bits per heavy atom. The lowest BCUT2D eigenvalue weighted by Crippen LogP contribution is -2.44. The van der Waals surface area contributed by atoms with Gasteiger partial charge in [0, 0.05) is 15.4 Å². The quantitative estimate of drug-likeness (QED) is 0.814. The summed E-state index contributed by atoms with van der Waals surface area (Å²) < 4.78 is 0.862. The van der Waals surface area contributed by atoms with Crippen molar-refractivity contribution in [2.45, 2.75) is 36.6 Å². The normalized spacial score (nSPS) is 15.3. The molecule has 108 valence electrons. The monoisotopic (exact) mass is 356 g/mol. The van der Waals surface area contributed by atoms with E-state index >= 15 is 0 Å². The second kappa shape index (κ2) is 6.63. The van der Waals surface area contributed by atoms with E-state index in [1.807, 2.05) is 0 Å². The Bertz CT molecular complexity index is 530. The van der Waals surface area contributed by atoms with E-state index in [-0.39, 0.29) is 18.5 Å². The molecule has 0 heterocycles. The first-order valence-electron chi connectivity index (χ1n) is 6.57. The molecule has 0 aromatic heterocycles. The van der Waals surface area contributed by atoms with Crippen LogP contribution in [0.1, 0.15) is 36.0 Å². The summed E-state index contributed by atoms with van der Waals surface area (Å²) in [6.45, 7) is -0.0349. The number of rotatable bonds is 4. The van der Waals surface area contributed by atoms with Crippen LogP contribution in [-0.2, 0) is 4.79 Å². The van der Waals surface area contributed by atoms with Crippen molar-refractivity contribution < 1.29 is 9.59 Å². The molecule has 1 aromatic rings. The summed E-state index contributed by atoms with van der Waals surface area (Å²) in [4.78, 5) is 26.1. The molecule has 0 radical (unpaired) electrons. The summed E-state index contributed by atoms with van der Waals surface area (Å²) in [6, 6.07) is 5.39. The van der Waals surface area contributed by atoms with Gasteiger partial charge in [0.25, 0.3) is 5.91 Å². The Kier molecular flexibility index (Phi) is 5.10. The summed E-state index contributed by atoms with van der Waals surface area (Å²) in [5, 5.41) is 0. The molecule has 4 nitrogen and oxygen atoms in total. The summed E-state index contributed by atoms with van der Waals surface area (Å²) in [5.74, 6) is -0.656. The van der Waals surface area contributed by atoms with Crippen molar-refractivity contribution in [3.8, 4) is 0 Å². The van der Waals surface area contributed by atoms with Crippen LogP contribution in [0.4, 0.5) is 0 Å². The minimum absolute atomic E-state index is 0.0349. The van der Waals surface area contributed by atoms with Crippen LogP contribution in [-0.4, -0.2) is 29.3 Å². The number of nitrogens with two attached hydrogens (primary N) is 1. The highest BCUT2D eigenvalue weighted by Crippen LogP contribution is 2.27. The van der Waals surface area contributed by atoms with Gasteiger partial charge in [-0.1, -0.05) is 28.8 Å². The second-order valence-corrected chi connectivity index (χ2v) is 6.40. The molecule has 1 aliphatic carbocycles. The first kappa shape index (κ1) is 15.4. The number of benzene rings is 1. The highest BCUT2D eigenvalue weighted by molar-refractivity contribution is 9.10. The number of thiol groups is 1. The van der Waals surface area contributed by atoms with E-state index in [1.54, 1.807) is 23.1 Å². The molecule has 0 unspecified atom stereocenters. The van der Waals surface area contributed by atoms with E-state index in [4.69, 9.17) is 5.73 Å². The zero-order valence-corrected chi connectivity index (χ0v) is 13.5. The number of hydrogen-bond acceptors (Lipinski definition) is 3. The van der Waals surface area contributed by atoms with Crippen molar-refractivity contribution in [1.29, 1.82) is 0 Å². The van der Waals surface area contributed by atoms with E-state index < -0.39 is 5.91 Å². The van der Waals surface area contributed by atoms with Gasteiger partial charge in [-0.25, -0.2) is 0 Å². The molecule has 2 rings (SSSR count). The van der Waals surface area contributed by atoms with Gasteiger partial charge in [0.05, 0.1) is 12.1 Å². The average molecular weight is 357 g/mol. The van der Waals surface area contributed by atoms with Crippen LogP contribution < -0.4 is 5.73 Å². The summed E-state index contributed by atoms with van der Waals surface area (Å²) >= 11 is 7.68. The molecular formula is C14H17BrN2O2S. The molecule has 0 saturated heterocycles. The number of carbonyl (C=O) groups is 2.